The van der Waals surface area contributed by atoms with Gasteiger partial charge in [0.1, 0.15) is 0 Å². The lowest BCUT2D eigenvalue weighted by atomic mass is 9.42. The second-order valence-corrected chi connectivity index (χ2v) is 11.5. The van der Waals surface area contributed by atoms with E-state index in [2.05, 4.69) is 20.8 Å². The molecule has 0 spiro atoms. The minimum absolute atomic E-state index is 0.0422. The van der Waals surface area contributed by atoms with Crippen molar-refractivity contribution < 1.29 is 19.7 Å². The first kappa shape index (κ1) is 21.6. The summed E-state index contributed by atoms with van der Waals surface area (Å²) in [6, 6.07) is 0. The molecule has 0 amide bonds. The maximum Gasteiger partial charge on any atom is 0.303 e. The Balaban J connectivity index is 1.60. The number of carboxylic acids is 1. The number of aliphatic hydroxyl groups is 1. The van der Waals surface area contributed by atoms with Gasteiger partial charge in [0.15, 0.2) is 0 Å². The van der Waals surface area contributed by atoms with E-state index >= 15 is 0 Å². The van der Waals surface area contributed by atoms with Crippen LogP contribution in [0.25, 0.3) is 0 Å². The Morgan fingerprint density at radius 1 is 1.07 bits per heavy atom. The summed E-state index contributed by atoms with van der Waals surface area (Å²) >= 11 is 0. The molecule has 4 fully saturated rings. The fourth-order valence-corrected chi connectivity index (χ4v) is 9.16. The van der Waals surface area contributed by atoms with E-state index in [-0.39, 0.29) is 17.1 Å². The molecule has 4 heteroatoms. The summed E-state index contributed by atoms with van der Waals surface area (Å²) in [6.07, 6.45) is 11.3. The maximum atomic E-state index is 11.1. The number of ether oxygens (including phenoxy) is 1. The van der Waals surface area contributed by atoms with Gasteiger partial charge in [0.05, 0.1) is 11.7 Å². The smallest absolute Gasteiger partial charge is 0.303 e. The molecule has 0 aromatic carbocycles. The summed E-state index contributed by atoms with van der Waals surface area (Å²) in [5, 5.41) is 19.5. The lowest BCUT2D eigenvalue weighted by Gasteiger charge is -2.67. The van der Waals surface area contributed by atoms with E-state index in [4.69, 9.17) is 9.84 Å². The molecule has 0 aromatic rings. The van der Waals surface area contributed by atoms with Crippen LogP contribution in [-0.4, -0.2) is 35.0 Å². The van der Waals surface area contributed by atoms with Crippen LogP contribution in [0, 0.1) is 40.4 Å². The van der Waals surface area contributed by atoms with Crippen molar-refractivity contribution in [1.29, 1.82) is 0 Å². The zero-order valence-corrected chi connectivity index (χ0v) is 19.0. The SMILES string of the molecule is CO[C@]12CC[C@@]3(C)C(CCC3[C@H](C)CCC(=O)O)C1CC[C@@H]1C[C@H](O)CC[C@@]12C. The van der Waals surface area contributed by atoms with Gasteiger partial charge < -0.3 is 14.9 Å². The molecule has 0 bridgehead atoms. The number of carbonyl (C=O) groups is 1. The highest BCUT2D eigenvalue weighted by molar-refractivity contribution is 5.66. The van der Waals surface area contributed by atoms with Crippen LogP contribution in [0.4, 0.5) is 0 Å². The van der Waals surface area contributed by atoms with Crippen LogP contribution in [0.1, 0.15) is 91.4 Å². The first-order valence-corrected chi connectivity index (χ1v) is 12.1. The number of fused-ring (bicyclic) bond motifs is 5. The summed E-state index contributed by atoms with van der Waals surface area (Å²) < 4.78 is 6.56. The van der Waals surface area contributed by atoms with E-state index in [1.165, 1.54) is 32.1 Å². The number of rotatable bonds is 5. The fourth-order valence-electron chi connectivity index (χ4n) is 9.16. The van der Waals surface area contributed by atoms with Gasteiger partial charge in [-0.25, -0.2) is 0 Å². The van der Waals surface area contributed by atoms with Crippen molar-refractivity contribution in [3.8, 4) is 0 Å². The molecule has 3 unspecified atom stereocenters. The topological polar surface area (TPSA) is 66.8 Å². The van der Waals surface area contributed by atoms with E-state index in [1.54, 1.807) is 0 Å². The highest BCUT2D eigenvalue weighted by Gasteiger charge is 2.67. The van der Waals surface area contributed by atoms with E-state index in [9.17, 15) is 9.90 Å². The summed E-state index contributed by atoms with van der Waals surface area (Å²) in [6.45, 7) is 7.29. The molecule has 4 rings (SSSR count). The number of carboxylic acid groups (broad SMARTS) is 1. The molecule has 0 saturated heterocycles. The van der Waals surface area contributed by atoms with Crippen LogP contribution in [0.2, 0.25) is 0 Å². The zero-order chi connectivity index (χ0) is 21.0. The van der Waals surface area contributed by atoms with Gasteiger partial charge in [0.25, 0.3) is 0 Å². The van der Waals surface area contributed by atoms with Gasteiger partial charge in [-0.15, -0.1) is 0 Å². The van der Waals surface area contributed by atoms with Gasteiger partial charge >= 0.3 is 5.97 Å². The summed E-state index contributed by atoms with van der Waals surface area (Å²) in [5.41, 5.74) is 0.458. The Kier molecular flexibility index (Phi) is 5.60. The molecule has 0 radical (unpaired) electrons. The predicted octanol–water partition coefficient (Wildman–Crippen LogP) is 5.28. The molecule has 0 heterocycles. The predicted molar refractivity (Wildman–Crippen MR) is 114 cm³/mol. The monoisotopic (exact) mass is 406 g/mol. The van der Waals surface area contributed by atoms with Crippen LogP contribution in [0.15, 0.2) is 0 Å². The van der Waals surface area contributed by atoms with Crippen molar-refractivity contribution in [3.63, 3.8) is 0 Å². The van der Waals surface area contributed by atoms with E-state index in [0.29, 0.717) is 41.4 Å². The maximum absolute atomic E-state index is 11.1. The Labute approximate surface area is 176 Å². The lowest BCUT2D eigenvalue weighted by Crippen LogP contribution is -2.66. The molecular formula is C25H42O4. The Bertz CT molecular complexity index is 634. The quantitative estimate of drug-likeness (QED) is 0.652. The average molecular weight is 407 g/mol. The van der Waals surface area contributed by atoms with Crippen LogP contribution in [0.5, 0.6) is 0 Å². The molecule has 4 aliphatic carbocycles. The number of hydrogen-bond acceptors (Lipinski definition) is 3. The van der Waals surface area contributed by atoms with Gasteiger partial charge in [0.2, 0.25) is 0 Å². The standard InChI is InChI=1S/C25H42O4/c1-16(5-10-22(27)28)19-8-9-20-21-7-6-17-15-18(26)11-12-24(17,3)25(21,29-4)14-13-23(19,20)2/h16-21,26H,5-15H2,1-4H3,(H,27,28)/t16-,17-,18-,19?,20?,21?,23-,24+,25-/m1/s1. The molecule has 29 heavy (non-hydrogen) atoms. The van der Waals surface area contributed by atoms with Crippen molar-refractivity contribution in [2.45, 2.75) is 103 Å². The first-order chi connectivity index (χ1) is 13.7. The van der Waals surface area contributed by atoms with E-state index in [1.807, 2.05) is 7.11 Å². The molecule has 4 saturated carbocycles. The molecule has 0 aromatic heterocycles. The summed E-state index contributed by atoms with van der Waals surface area (Å²) in [7, 11) is 1.95. The molecule has 4 nitrogen and oxygen atoms in total. The lowest BCUT2D eigenvalue weighted by molar-refractivity contribution is -0.254. The van der Waals surface area contributed by atoms with Crippen LogP contribution < -0.4 is 0 Å². The minimum atomic E-state index is -0.663. The number of hydrogen-bond donors (Lipinski definition) is 2. The molecular weight excluding hydrogens is 364 g/mol. The van der Waals surface area contributed by atoms with Crippen molar-refractivity contribution in [2.24, 2.45) is 40.4 Å². The average Bonchev–Trinajstić information content (AvgIpc) is 3.03. The second-order valence-electron chi connectivity index (χ2n) is 11.5. The van der Waals surface area contributed by atoms with Gasteiger partial charge in [-0.3, -0.25) is 4.79 Å². The second kappa shape index (κ2) is 7.51. The molecule has 9 atom stereocenters. The van der Waals surface area contributed by atoms with E-state index in [0.717, 1.165) is 32.1 Å². The van der Waals surface area contributed by atoms with E-state index < -0.39 is 5.97 Å². The fraction of sp³-hybridized carbons (Fsp3) is 0.960. The molecule has 4 aliphatic rings. The largest absolute Gasteiger partial charge is 0.481 e. The third-order valence-electron chi connectivity index (χ3n) is 10.7. The molecule has 166 valence electrons. The van der Waals surface area contributed by atoms with Gasteiger partial charge in [-0.1, -0.05) is 20.8 Å². The highest BCUT2D eigenvalue weighted by Crippen LogP contribution is 2.70. The van der Waals surface area contributed by atoms with Crippen molar-refractivity contribution in [2.75, 3.05) is 7.11 Å². The van der Waals surface area contributed by atoms with Crippen molar-refractivity contribution >= 4 is 5.97 Å². The number of aliphatic carboxylic acids is 1. The summed E-state index contributed by atoms with van der Waals surface area (Å²) in [5.74, 6) is 2.34. The van der Waals surface area contributed by atoms with Gasteiger partial charge in [-0.2, -0.15) is 0 Å². The Morgan fingerprint density at radius 3 is 2.48 bits per heavy atom. The van der Waals surface area contributed by atoms with Crippen LogP contribution in [0.3, 0.4) is 0 Å². The van der Waals surface area contributed by atoms with Crippen LogP contribution in [-0.2, 0) is 9.53 Å². The van der Waals surface area contributed by atoms with Gasteiger partial charge in [-0.05, 0) is 105 Å². The number of methoxy groups -OCH3 is 1. The van der Waals surface area contributed by atoms with Crippen molar-refractivity contribution in [3.05, 3.63) is 0 Å². The minimum Gasteiger partial charge on any atom is -0.481 e. The molecule has 0 aliphatic heterocycles. The zero-order valence-electron chi connectivity index (χ0n) is 19.0. The van der Waals surface area contributed by atoms with Crippen molar-refractivity contribution in [1.82, 2.24) is 0 Å². The Morgan fingerprint density at radius 2 is 1.79 bits per heavy atom. The summed E-state index contributed by atoms with van der Waals surface area (Å²) in [4.78, 5) is 11.1. The number of aliphatic hydroxyl groups excluding tert-OH is 1. The normalized spacial score (nSPS) is 50.3. The Hall–Kier alpha value is -0.610. The first-order valence-electron chi connectivity index (χ1n) is 12.1. The third-order valence-corrected chi connectivity index (χ3v) is 10.7. The molecule has 2 N–H and O–H groups in total. The third kappa shape index (κ3) is 3.11. The van der Waals surface area contributed by atoms with Gasteiger partial charge in [0, 0.05) is 13.5 Å². The van der Waals surface area contributed by atoms with Crippen LogP contribution >= 0.6 is 0 Å². The highest BCUT2D eigenvalue weighted by atomic mass is 16.5.